The van der Waals surface area contributed by atoms with Crippen LogP contribution in [0.5, 0.6) is 11.5 Å². The summed E-state index contributed by atoms with van der Waals surface area (Å²) in [7, 11) is 1.63. The maximum atomic E-state index is 13.6. The van der Waals surface area contributed by atoms with Crippen LogP contribution in [0.4, 0.5) is 0 Å². The zero-order valence-corrected chi connectivity index (χ0v) is 24.0. The van der Waals surface area contributed by atoms with Crippen LogP contribution in [0.25, 0.3) is 10.8 Å². The van der Waals surface area contributed by atoms with E-state index in [2.05, 4.69) is 57.3 Å². The lowest BCUT2D eigenvalue weighted by molar-refractivity contribution is -0.119. The number of carbonyl (C=O) groups is 2. The molecule has 2 aliphatic carbocycles. The van der Waals surface area contributed by atoms with Gasteiger partial charge in [-0.2, -0.15) is 0 Å². The molecule has 0 fully saturated rings. The summed E-state index contributed by atoms with van der Waals surface area (Å²) >= 11 is 0. The van der Waals surface area contributed by atoms with Crippen LogP contribution in [-0.2, 0) is 16.2 Å². The van der Waals surface area contributed by atoms with Gasteiger partial charge in [-0.25, -0.2) is 0 Å². The number of rotatable bonds is 5. The van der Waals surface area contributed by atoms with E-state index in [-0.39, 0.29) is 22.4 Å². The Hall–Kier alpha value is -3.86. The molecule has 5 heteroatoms. The van der Waals surface area contributed by atoms with Gasteiger partial charge in [0.25, 0.3) is 0 Å². The van der Waals surface area contributed by atoms with Crippen molar-refractivity contribution in [1.29, 1.82) is 0 Å². The molecule has 5 nitrogen and oxygen atoms in total. The molecular formula is C35H37NO4. The second-order valence-electron chi connectivity index (χ2n) is 13.1. The van der Waals surface area contributed by atoms with E-state index < -0.39 is 5.92 Å². The van der Waals surface area contributed by atoms with Gasteiger partial charge in [-0.05, 0) is 57.7 Å². The highest BCUT2D eigenvalue weighted by Gasteiger charge is 2.46. The highest BCUT2D eigenvalue weighted by Crippen LogP contribution is 2.51. The van der Waals surface area contributed by atoms with Crippen molar-refractivity contribution in [3.63, 3.8) is 0 Å². The van der Waals surface area contributed by atoms with Crippen molar-refractivity contribution in [3.05, 3.63) is 94.3 Å². The molecule has 0 bridgehead atoms. The number of fused-ring (bicyclic) bond motifs is 1. The lowest BCUT2D eigenvalue weighted by Crippen LogP contribution is -2.42. The van der Waals surface area contributed by atoms with Gasteiger partial charge in [0.05, 0.1) is 7.11 Å². The molecule has 6 rings (SSSR count). The van der Waals surface area contributed by atoms with Crippen molar-refractivity contribution in [3.8, 4) is 11.5 Å². The number of hydrogen-bond donors (Lipinski definition) is 1. The first-order valence-electron chi connectivity index (χ1n) is 14.1. The van der Waals surface area contributed by atoms with E-state index in [1.54, 1.807) is 7.11 Å². The lowest BCUT2D eigenvalue weighted by Gasteiger charge is -2.44. The van der Waals surface area contributed by atoms with Crippen molar-refractivity contribution >= 4 is 22.3 Å². The van der Waals surface area contributed by atoms with Gasteiger partial charge in [-0.15, -0.1) is 0 Å². The first-order chi connectivity index (χ1) is 19.0. The smallest absolute Gasteiger partial charge is 0.162 e. The lowest BCUT2D eigenvalue weighted by atomic mass is 9.64. The molecule has 0 saturated heterocycles. The third-order valence-electron chi connectivity index (χ3n) is 8.50. The monoisotopic (exact) mass is 535 g/mol. The second kappa shape index (κ2) is 9.65. The minimum absolute atomic E-state index is 0.114. The minimum Gasteiger partial charge on any atom is -0.493 e. The Morgan fingerprint density at radius 3 is 2.05 bits per heavy atom. The molecule has 0 aromatic heterocycles. The van der Waals surface area contributed by atoms with E-state index in [9.17, 15) is 9.59 Å². The standard InChI is InChI=1S/C35H37NO4/c1-34(2)16-25-32(27(37)18-34)31(33-26(36-25)17-35(3,4)19-28(33)38)22-13-14-29(30(15-22)39-5)40-20-23-11-8-10-21-9-6-7-12-24(21)23/h6-15,31,36H,16-20H2,1-5H3. The fourth-order valence-corrected chi connectivity index (χ4v) is 6.78. The fraction of sp³-hybridized carbons (Fsp3) is 0.371. The molecule has 0 atom stereocenters. The molecule has 1 N–H and O–H groups in total. The summed E-state index contributed by atoms with van der Waals surface area (Å²) in [6.07, 6.45) is 2.49. The van der Waals surface area contributed by atoms with E-state index in [0.29, 0.717) is 30.9 Å². The Morgan fingerprint density at radius 1 is 0.775 bits per heavy atom. The average molecular weight is 536 g/mol. The Balaban J connectivity index is 1.39. The highest BCUT2D eigenvalue weighted by molar-refractivity contribution is 6.06. The number of Topliss-reactive ketones (excluding diaryl/α,β-unsaturated/α-hetero) is 2. The van der Waals surface area contributed by atoms with Gasteiger partial charge in [0.2, 0.25) is 0 Å². The molecule has 206 valence electrons. The normalized spacial score (nSPS) is 20.2. The van der Waals surface area contributed by atoms with Crippen LogP contribution in [0.3, 0.4) is 0 Å². The molecule has 1 aliphatic heterocycles. The summed E-state index contributed by atoms with van der Waals surface area (Å²) in [4.78, 5) is 27.3. The SMILES string of the molecule is COc1cc(C2C3=C(CC(C)(C)CC3=O)NC3=C2C(=O)CC(C)(C)C3)ccc1OCc1cccc2ccccc12. The maximum absolute atomic E-state index is 13.6. The molecule has 0 spiro atoms. The van der Waals surface area contributed by atoms with E-state index in [1.807, 2.05) is 36.4 Å². The summed E-state index contributed by atoms with van der Waals surface area (Å²) in [6, 6.07) is 20.3. The Bertz CT molecular complexity index is 1550. The third-order valence-corrected chi connectivity index (χ3v) is 8.50. The highest BCUT2D eigenvalue weighted by atomic mass is 16.5. The van der Waals surface area contributed by atoms with Crippen molar-refractivity contribution < 1.29 is 19.1 Å². The van der Waals surface area contributed by atoms with Gasteiger partial charge in [-0.3, -0.25) is 9.59 Å². The van der Waals surface area contributed by atoms with Crippen molar-refractivity contribution in [1.82, 2.24) is 5.32 Å². The van der Waals surface area contributed by atoms with Crippen LogP contribution in [0.15, 0.2) is 83.2 Å². The summed E-state index contributed by atoms with van der Waals surface area (Å²) < 4.78 is 12.1. The first-order valence-corrected chi connectivity index (χ1v) is 14.1. The van der Waals surface area contributed by atoms with Crippen molar-refractivity contribution in [2.75, 3.05) is 7.11 Å². The van der Waals surface area contributed by atoms with Gasteiger partial charge in [0.15, 0.2) is 23.1 Å². The van der Waals surface area contributed by atoms with Gasteiger partial charge >= 0.3 is 0 Å². The zero-order valence-electron chi connectivity index (χ0n) is 24.0. The number of carbonyl (C=O) groups excluding carboxylic acids is 2. The topological polar surface area (TPSA) is 64.6 Å². The maximum Gasteiger partial charge on any atom is 0.162 e. The molecular weight excluding hydrogens is 498 g/mol. The first kappa shape index (κ1) is 26.4. The van der Waals surface area contributed by atoms with E-state index in [4.69, 9.17) is 9.47 Å². The van der Waals surface area contributed by atoms with E-state index in [0.717, 1.165) is 51.9 Å². The predicted octanol–water partition coefficient (Wildman–Crippen LogP) is 7.40. The summed E-state index contributed by atoms with van der Waals surface area (Å²) in [6.45, 7) is 8.94. The number of hydrogen-bond acceptors (Lipinski definition) is 5. The van der Waals surface area contributed by atoms with Gasteiger partial charge in [-0.1, -0.05) is 76.2 Å². The van der Waals surface area contributed by atoms with Crippen LogP contribution in [0.1, 0.15) is 70.4 Å². The summed E-state index contributed by atoms with van der Waals surface area (Å²) in [5, 5.41) is 5.91. The fourth-order valence-electron chi connectivity index (χ4n) is 6.78. The van der Waals surface area contributed by atoms with E-state index >= 15 is 0 Å². The number of methoxy groups -OCH3 is 1. The Morgan fingerprint density at radius 2 is 1.40 bits per heavy atom. The molecule has 0 saturated carbocycles. The minimum atomic E-state index is -0.403. The summed E-state index contributed by atoms with van der Waals surface area (Å²) in [5.74, 6) is 1.04. The molecule has 40 heavy (non-hydrogen) atoms. The number of dihydropyridines is 1. The van der Waals surface area contributed by atoms with Gasteiger partial charge in [0.1, 0.15) is 6.61 Å². The Kier molecular flexibility index (Phi) is 6.36. The van der Waals surface area contributed by atoms with Crippen LogP contribution in [0.2, 0.25) is 0 Å². The van der Waals surface area contributed by atoms with Crippen molar-refractivity contribution in [2.45, 2.75) is 65.9 Å². The average Bonchev–Trinajstić information content (AvgIpc) is 2.89. The number of allylic oxidation sites excluding steroid dienone is 4. The van der Waals surface area contributed by atoms with Crippen LogP contribution in [0, 0.1) is 10.8 Å². The molecule has 3 aliphatic rings. The molecule has 0 radical (unpaired) electrons. The zero-order chi connectivity index (χ0) is 28.2. The summed E-state index contributed by atoms with van der Waals surface area (Å²) in [5.41, 5.74) is 5.12. The third kappa shape index (κ3) is 4.72. The molecule has 1 heterocycles. The number of nitrogens with one attached hydrogen (secondary N) is 1. The van der Waals surface area contributed by atoms with Gasteiger partial charge in [0, 0.05) is 41.3 Å². The molecule has 0 unspecified atom stereocenters. The number of ether oxygens (including phenoxy) is 2. The van der Waals surface area contributed by atoms with Crippen LogP contribution >= 0.6 is 0 Å². The van der Waals surface area contributed by atoms with Crippen molar-refractivity contribution in [2.24, 2.45) is 10.8 Å². The Labute approximate surface area is 236 Å². The quantitative estimate of drug-likeness (QED) is 0.369. The predicted molar refractivity (Wildman–Crippen MR) is 157 cm³/mol. The second-order valence-corrected chi connectivity index (χ2v) is 13.1. The number of ketones is 2. The van der Waals surface area contributed by atoms with Crippen LogP contribution < -0.4 is 14.8 Å². The largest absolute Gasteiger partial charge is 0.493 e. The van der Waals surface area contributed by atoms with Gasteiger partial charge < -0.3 is 14.8 Å². The molecule has 3 aromatic rings. The number of benzene rings is 3. The van der Waals surface area contributed by atoms with E-state index in [1.165, 1.54) is 5.39 Å². The van der Waals surface area contributed by atoms with Crippen LogP contribution in [-0.4, -0.2) is 18.7 Å². The molecule has 3 aromatic carbocycles. The molecule has 0 amide bonds.